The van der Waals surface area contributed by atoms with E-state index in [1.165, 1.54) is 19.1 Å². The molecule has 0 aliphatic heterocycles. The topological polar surface area (TPSA) is 95.5 Å². The minimum Gasteiger partial charge on any atom is -0.480 e. The SMILES string of the molecule is CCC(C)(NC(=O)c1ccc(C(=O)NC2CC2)cc1)C(=O)O. The number of carboxylic acid groups (broad SMARTS) is 1. The Hall–Kier alpha value is -2.37. The number of rotatable bonds is 6. The number of aliphatic carboxylic acids is 1. The summed E-state index contributed by atoms with van der Waals surface area (Å²) in [5, 5.41) is 14.5. The summed E-state index contributed by atoms with van der Waals surface area (Å²) in [5.74, 6) is -1.71. The maximum absolute atomic E-state index is 12.1. The lowest BCUT2D eigenvalue weighted by atomic mass is 9.98. The van der Waals surface area contributed by atoms with Crippen molar-refractivity contribution >= 4 is 17.8 Å². The molecule has 2 amide bonds. The van der Waals surface area contributed by atoms with E-state index in [4.69, 9.17) is 5.11 Å². The molecule has 1 aliphatic carbocycles. The second-order valence-electron chi connectivity index (χ2n) is 5.77. The molecule has 2 rings (SSSR count). The Morgan fingerprint density at radius 2 is 1.64 bits per heavy atom. The largest absolute Gasteiger partial charge is 0.480 e. The van der Waals surface area contributed by atoms with Gasteiger partial charge in [-0.1, -0.05) is 6.92 Å². The van der Waals surface area contributed by atoms with E-state index in [1.54, 1.807) is 19.1 Å². The van der Waals surface area contributed by atoms with Gasteiger partial charge in [0.1, 0.15) is 5.54 Å². The van der Waals surface area contributed by atoms with Gasteiger partial charge in [0.15, 0.2) is 0 Å². The van der Waals surface area contributed by atoms with Crippen LogP contribution in [0.15, 0.2) is 24.3 Å². The van der Waals surface area contributed by atoms with Gasteiger partial charge in [-0.2, -0.15) is 0 Å². The zero-order valence-corrected chi connectivity index (χ0v) is 12.7. The third kappa shape index (κ3) is 3.63. The maximum atomic E-state index is 12.1. The summed E-state index contributed by atoms with van der Waals surface area (Å²) in [6, 6.07) is 6.45. The van der Waals surface area contributed by atoms with Crippen molar-refractivity contribution in [1.29, 1.82) is 0 Å². The van der Waals surface area contributed by atoms with Crippen molar-refractivity contribution in [2.45, 2.75) is 44.7 Å². The molecule has 0 aromatic heterocycles. The van der Waals surface area contributed by atoms with Crippen LogP contribution in [-0.4, -0.2) is 34.5 Å². The Morgan fingerprint density at radius 3 is 2.05 bits per heavy atom. The summed E-state index contributed by atoms with van der Waals surface area (Å²) >= 11 is 0. The van der Waals surface area contributed by atoms with Gasteiger partial charge in [-0.25, -0.2) is 4.79 Å². The summed E-state index contributed by atoms with van der Waals surface area (Å²) < 4.78 is 0. The molecule has 1 unspecified atom stereocenters. The number of carboxylic acids is 1. The Labute approximate surface area is 128 Å². The smallest absolute Gasteiger partial charge is 0.329 e. The summed E-state index contributed by atoms with van der Waals surface area (Å²) in [4.78, 5) is 35.2. The zero-order valence-electron chi connectivity index (χ0n) is 12.7. The van der Waals surface area contributed by atoms with Crippen molar-refractivity contribution in [2.75, 3.05) is 0 Å². The average Bonchev–Trinajstić information content (AvgIpc) is 3.30. The fourth-order valence-corrected chi connectivity index (χ4v) is 1.89. The third-order valence-electron chi connectivity index (χ3n) is 3.89. The van der Waals surface area contributed by atoms with Gasteiger partial charge in [0.2, 0.25) is 0 Å². The minimum atomic E-state index is -1.31. The van der Waals surface area contributed by atoms with Crippen molar-refractivity contribution in [3.63, 3.8) is 0 Å². The first kappa shape index (κ1) is 16.0. The van der Waals surface area contributed by atoms with Gasteiger partial charge in [-0.15, -0.1) is 0 Å². The van der Waals surface area contributed by atoms with Crippen LogP contribution in [0.5, 0.6) is 0 Å². The van der Waals surface area contributed by atoms with E-state index in [9.17, 15) is 14.4 Å². The molecule has 0 saturated heterocycles. The van der Waals surface area contributed by atoms with Gasteiger partial charge in [0, 0.05) is 17.2 Å². The van der Waals surface area contributed by atoms with E-state index in [0.29, 0.717) is 11.1 Å². The van der Waals surface area contributed by atoms with Crippen LogP contribution in [0.1, 0.15) is 53.8 Å². The number of benzene rings is 1. The van der Waals surface area contributed by atoms with E-state index in [-0.39, 0.29) is 18.4 Å². The van der Waals surface area contributed by atoms with Gasteiger partial charge in [0.25, 0.3) is 11.8 Å². The normalized spacial score (nSPS) is 16.5. The Kier molecular flexibility index (Phi) is 4.49. The highest BCUT2D eigenvalue weighted by molar-refractivity contribution is 5.99. The lowest BCUT2D eigenvalue weighted by Gasteiger charge is -2.24. The standard InChI is InChI=1S/C16H20N2O4/c1-3-16(2,15(21)22)18-14(20)11-6-4-10(5-7-11)13(19)17-12-8-9-12/h4-7,12H,3,8-9H2,1-2H3,(H,17,19)(H,18,20)(H,21,22). The fourth-order valence-electron chi connectivity index (χ4n) is 1.89. The molecule has 118 valence electrons. The molecule has 1 atom stereocenters. The predicted molar refractivity (Wildman–Crippen MR) is 80.7 cm³/mol. The fraction of sp³-hybridized carbons (Fsp3) is 0.438. The second-order valence-corrected chi connectivity index (χ2v) is 5.77. The molecular formula is C16H20N2O4. The summed E-state index contributed by atoms with van der Waals surface area (Å²) in [7, 11) is 0. The van der Waals surface area contributed by atoms with Crippen molar-refractivity contribution in [1.82, 2.24) is 10.6 Å². The summed E-state index contributed by atoms with van der Waals surface area (Å²) in [6.07, 6.45) is 2.30. The van der Waals surface area contributed by atoms with Crippen molar-refractivity contribution in [2.24, 2.45) is 0 Å². The van der Waals surface area contributed by atoms with Crippen LogP contribution < -0.4 is 10.6 Å². The number of amides is 2. The number of hydrogen-bond acceptors (Lipinski definition) is 3. The van der Waals surface area contributed by atoms with E-state index in [1.807, 2.05) is 0 Å². The van der Waals surface area contributed by atoms with Gasteiger partial charge in [-0.3, -0.25) is 9.59 Å². The van der Waals surface area contributed by atoms with Crippen molar-refractivity contribution < 1.29 is 19.5 Å². The first-order valence-electron chi connectivity index (χ1n) is 7.32. The van der Waals surface area contributed by atoms with Crippen LogP contribution in [0.3, 0.4) is 0 Å². The molecule has 0 radical (unpaired) electrons. The first-order valence-corrected chi connectivity index (χ1v) is 7.32. The maximum Gasteiger partial charge on any atom is 0.329 e. The van der Waals surface area contributed by atoms with Crippen LogP contribution in [0, 0.1) is 0 Å². The monoisotopic (exact) mass is 304 g/mol. The Bertz CT molecular complexity index is 593. The molecule has 22 heavy (non-hydrogen) atoms. The Balaban J connectivity index is 2.04. The predicted octanol–water partition coefficient (Wildman–Crippen LogP) is 1.56. The quantitative estimate of drug-likeness (QED) is 0.743. The van der Waals surface area contributed by atoms with Crippen LogP contribution >= 0.6 is 0 Å². The van der Waals surface area contributed by atoms with Gasteiger partial charge in [-0.05, 0) is 50.5 Å². The zero-order chi connectivity index (χ0) is 16.3. The molecule has 1 saturated carbocycles. The molecule has 0 bridgehead atoms. The van der Waals surface area contributed by atoms with Gasteiger partial charge >= 0.3 is 5.97 Å². The van der Waals surface area contributed by atoms with Crippen LogP contribution in [-0.2, 0) is 4.79 Å². The highest BCUT2D eigenvalue weighted by Crippen LogP contribution is 2.19. The van der Waals surface area contributed by atoms with Crippen LogP contribution in [0.2, 0.25) is 0 Å². The molecule has 6 nitrogen and oxygen atoms in total. The second kappa shape index (κ2) is 6.17. The molecule has 0 heterocycles. The molecule has 3 N–H and O–H groups in total. The number of nitrogens with one attached hydrogen (secondary N) is 2. The van der Waals surface area contributed by atoms with Gasteiger partial charge in [0.05, 0.1) is 0 Å². The van der Waals surface area contributed by atoms with E-state index in [2.05, 4.69) is 10.6 Å². The molecule has 1 aromatic carbocycles. The lowest BCUT2D eigenvalue weighted by Crippen LogP contribution is -2.51. The van der Waals surface area contributed by atoms with Gasteiger partial charge < -0.3 is 15.7 Å². The highest BCUT2D eigenvalue weighted by atomic mass is 16.4. The molecule has 0 spiro atoms. The summed E-state index contributed by atoms with van der Waals surface area (Å²) in [5.41, 5.74) is -0.497. The number of carbonyl (C=O) groups is 3. The lowest BCUT2D eigenvalue weighted by molar-refractivity contribution is -0.143. The molecule has 1 aliphatic rings. The average molecular weight is 304 g/mol. The number of hydrogen-bond donors (Lipinski definition) is 3. The molecule has 6 heteroatoms. The molecule has 1 aromatic rings. The molecule has 1 fully saturated rings. The van der Waals surface area contributed by atoms with Crippen molar-refractivity contribution in [3.05, 3.63) is 35.4 Å². The minimum absolute atomic E-state index is 0.154. The Morgan fingerprint density at radius 1 is 1.14 bits per heavy atom. The third-order valence-corrected chi connectivity index (χ3v) is 3.89. The highest BCUT2D eigenvalue weighted by Gasteiger charge is 2.33. The van der Waals surface area contributed by atoms with E-state index < -0.39 is 17.4 Å². The summed E-state index contributed by atoms with van der Waals surface area (Å²) in [6.45, 7) is 3.16. The van der Waals surface area contributed by atoms with Crippen LogP contribution in [0.25, 0.3) is 0 Å². The van der Waals surface area contributed by atoms with E-state index in [0.717, 1.165) is 12.8 Å². The van der Waals surface area contributed by atoms with Crippen molar-refractivity contribution in [3.8, 4) is 0 Å². The number of carbonyl (C=O) groups excluding carboxylic acids is 2. The molecular weight excluding hydrogens is 284 g/mol. The van der Waals surface area contributed by atoms with Crippen LogP contribution in [0.4, 0.5) is 0 Å². The van der Waals surface area contributed by atoms with E-state index >= 15 is 0 Å². The first-order chi connectivity index (χ1) is 10.4.